The van der Waals surface area contributed by atoms with Gasteiger partial charge < -0.3 is 0 Å². The van der Waals surface area contributed by atoms with Crippen molar-refractivity contribution in [2.24, 2.45) is 0 Å². The molecule has 1 N–H and O–H groups in total. The number of aryl methyl sites for hydroxylation is 1. The van der Waals surface area contributed by atoms with Gasteiger partial charge in [-0.2, -0.15) is 5.10 Å². The van der Waals surface area contributed by atoms with Crippen molar-refractivity contribution >= 4 is 32.8 Å². The summed E-state index contributed by atoms with van der Waals surface area (Å²) in [6.45, 7) is 1.98. The summed E-state index contributed by atoms with van der Waals surface area (Å²) in [6, 6.07) is 5.78. The number of hydrogen-bond acceptors (Lipinski definition) is 3. The van der Waals surface area contributed by atoms with E-state index in [1.165, 1.54) is 10.8 Å². The molecule has 1 aliphatic heterocycles. The van der Waals surface area contributed by atoms with Gasteiger partial charge in [0.05, 0.1) is 11.7 Å². The molecule has 0 aliphatic carbocycles. The Labute approximate surface area is 99.7 Å². The zero-order valence-corrected chi connectivity index (χ0v) is 9.82. The molecule has 1 aliphatic rings. The van der Waals surface area contributed by atoms with Crippen LogP contribution in [-0.2, 0) is 15.8 Å². The molecule has 1 aromatic heterocycles. The molecule has 1 unspecified atom stereocenters. The molecule has 5 nitrogen and oxygen atoms in total. The molecular formula is C11H9N3O2S. The van der Waals surface area contributed by atoms with E-state index in [4.69, 9.17) is 0 Å². The molecule has 6 heteroatoms. The molecule has 2 heterocycles. The number of carbonyl (C=O) groups is 1. The highest BCUT2D eigenvalue weighted by atomic mass is 32.2. The minimum atomic E-state index is -1.52. The average Bonchev–Trinajstić information content (AvgIpc) is 2.83. The fourth-order valence-corrected chi connectivity index (χ4v) is 2.71. The molecular weight excluding hydrogens is 238 g/mol. The van der Waals surface area contributed by atoms with E-state index in [0.717, 1.165) is 16.5 Å². The van der Waals surface area contributed by atoms with E-state index in [9.17, 15) is 9.00 Å². The SMILES string of the molecule is Cc1cccc2c1cnn2C1=CC(=O)NS1=O. The Morgan fingerprint density at radius 1 is 1.41 bits per heavy atom. The lowest BCUT2D eigenvalue weighted by Gasteiger charge is -2.02. The van der Waals surface area contributed by atoms with Crippen LogP contribution in [0.1, 0.15) is 5.56 Å². The smallest absolute Gasteiger partial charge is 0.258 e. The molecule has 0 saturated carbocycles. The van der Waals surface area contributed by atoms with Crippen molar-refractivity contribution in [1.29, 1.82) is 0 Å². The number of aromatic nitrogens is 2. The van der Waals surface area contributed by atoms with Gasteiger partial charge in [-0.05, 0) is 18.6 Å². The maximum absolute atomic E-state index is 11.7. The Hall–Kier alpha value is -1.95. The van der Waals surface area contributed by atoms with Gasteiger partial charge in [0.25, 0.3) is 5.91 Å². The third kappa shape index (κ3) is 1.49. The fourth-order valence-electron chi connectivity index (χ4n) is 1.85. The molecule has 3 rings (SSSR count). The molecule has 0 bridgehead atoms. The van der Waals surface area contributed by atoms with Gasteiger partial charge >= 0.3 is 0 Å². The van der Waals surface area contributed by atoms with Crippen LogP contribution in [-0.4, -0.2) is 19.9 Å². The third-order valence-electron chi connectivity index (χ3n) is 2.68. The van der Waals surface area contributed by atoms with Crippen molar-refractivity contribution in [1.82, 2.24) is 14.5 Å². The quantitative estimate of drug-likeness (QED) is 0.815. The van der Waals surface area contributed by atoms with Gasteiger partial charge in [-0.15, -0.1) is 0 Å². The summed E-state index contributed by atoms with van der Waals surface area (Å²) in [7, 11) is -1.52. The topological polar surface area (TPSA) is 64.0 Å². The molecule has 0 spiro atoms. The number of nitrogens with zero attached hydrogens (tertiary/aromatic N) is 2. The van der Waals surface area contributed by atoms with E-state index in [-0.39, 0.29) is 5.91 Å². The maximum Gasteiger partial charge on any atom is 0.258 e. The Morgan fingerprint density at radius 3 is 2.94 bits per heavy atom. The molecule has 0 fully saturated rings. The molecule has 86 valence electrons. The molecule has 0 radical (unpaired) electrons. The van der Waals surface area contributed by atoms with Crippen LogP contribution in [0.2, 0.25) is 0 Å². The Kier molecular flexibility index (Phi) is 2.12. The molecule has 1 aromatic carbocycles. The second-order valence-electron chi connectivity index (χ2n) is 3.78. The van der Waals surface area contributed by atoms with Gasteiger partial charge in [0.2, 0.25) is 0 Å². The Bertz CT molecular complexity index is 687. The van der Waals surface area contributed by atoms with Crippen molar-refractivity contribution in [3.8, 4) is 0 Å². The molecule has 1 atom stereocenters. The number of amides is 1. The number of benzene rings is 1. The van der Waals surface area contributed by atoms with Gasteiger partial charge in [0, 0.05) is 11.5 Å². The van der Waals surface area contributed by atoms with E-state index in [0.29, 0.717) is 5.03 Å². The summed E-state index contributed by atoms with van der Waals surface area (Å²) < 4.78 is 15.5. The first kappa shape index (κ1) is 10.2. The van der Waals surface area contributed by atoms with Gasteiger partial charge in [-0.1, -0.05) is 12.1 Å². The molecule has 1 amide bonds. The Morgan fingerprint density at radius 2 is 2.24 bits per heavy atom. The molecule has 2 aromatic rings. The summed E-state index contributed by atoms with van der Waals surface area (Å²) in [5.74, 6) is -0.352. The zero-order valence-electron chi connectivity index (χ0n) is 9.01. The van der Waals surface area contributed by atoms with Crippen molar-refractivity contribution in [3.63, 3.8) is 0 Å². The monoisotopic (exact) mass is 247 g/mol. The van der Waals surface area contributed by atoms with Crippen molar-refractivity contribution in [2.75, 3.05) is 0 Å². The van der Waals surface area contributed by atoms with Crippen LogP contribution in [0, 0.1) is 6.92 Å². The van der Waals surface area contributed by atoms with Crippen LogP contribution >= 0.6 is 0 Å². The van der Waals surface area contributed by atoms with Gasteiger partial charge in [-0.25, -0.2) is 8.89 Å². The highest BCUT2D eigenvalue weighted by Crippen LogP contribution is 2.23. The van der Waals surface area contributed by atoms with Crippen LogP contribution in [0.4, 0.5) is 0 Å². The van der Waals surface area contributed by atoms with E-state index < -0.39 is 11.0 Å². The lowest BCUT2D eigenvalue weighted by atomic mass is 10.1. The van der Waals surface area contributed by atoms with Crippen LogP contribution in [0.3, 0.4) is 0 Å². The number of nitrogens with one attached hydrogen (secondary N) is 1. The normalized spacial score (nSPS) is 19.5. The zero-order chi connectivity index (χ0) is 12.0. The second-order valence-corrected chi connectivity index (χ2v) is 4.94. The first-order chi connectivity index (χ1) is 8.16. The summed E-state index contributed by atoms with van der Waals surface area (Å²) in [4.78, 5) is 11.1. The van der Waals surface area contributed by atoms with E-state index in [2.05, 4.69) is 9.82 Å². The standard InChI is InChI=1S/C11H9N3O2S/c1-7-3-2-4-9-8(7)6-12-14(9)11-5-10(15)13-17(11)16/h2-6H,1H3,(H,13,15). The van der Waals surface area contributed by atoms with Crippen molar-refractivity contribution in [2.45, 2.75) is 6.92 Å². The van der Waals surface area contributed by atoms with Crippen molar-refractivity contribution < 1.29 is 9.00 Å². The van der Waals surface area contributed by atoms with Gasteiger partial charge in [-0.3, -0.25) is 9.52 Å². The van der Waals surface area contributed by atoms with Crippen molar-refractivity contribution in [3.05, 3.63) is 36.0 Å². The van der Waals surface area contributed by atoms with Gasteiger partial charge in [0.1, 0.15) is 0 Å². The summed E-state index contributed by atoms with van der Waals surface area (Å²) in [5, 5.41) is 5.55. The van der Waals surface area contributed by atoms with Gasteiger partial charge in [0.15, 0.2) is 16.0 Å². The highest BCUT2D eigenvalue weighted by molar-refractivity contribution is 7.93. The largest absolute Gasteiger partial charge is 0.269 e. The predicted octanol–water partition coefficient (Wildman–Crippen LogP) is 0.937. The van der Waals surface area contributed by atoms with Crippen LogP contribution in [0.15, 0.2) is 30.5 Å². The third-order valence-corrected chi connectivity index (χ3v) is 3.74. The summed E-state index contributed by atoms with van der Waals surface area (Å²) in [6.07, 6.45) is 3.02. The number of carbonyl (C=O) groups excluding carboxylic acids is 1. The molecule has 17 heavy (non-hydrogen) atoms. The van der Waals surface area contributed by atoms with Crippen LogP contribution < -0.4 is 4.72 Å². The minimum absolute atomic E-state index is 0.352. The minimum Gasteiger partial charge on any atom is -0.269 e. The van der Waals surface area contributed by atoms with E-state index >= 15 is 0 Å². The maximum atomic E-state index is 11.7. The summed E-state index contributed by atoms with van der Waals surface area (Å²) >= 11 is 0. The van der Waals surface area contributed by atoms with Crippen LogP contribution in [0.5, 0.6) is 0 Å². The number of rotatable bonds is 1. The number of hydrogen-bond donors (Lipinski definition) is 1. The fraction of sp³-hybridized carbons (Fsp3) is 0.0909. The summed E-state index contributed by atoms with van der Waals surface area (Å²) in [5.41, 5.74) is 1.94. The van der Waals surface area contributed by atoms with E-state index in [1.54, 1.807) is 6.20 Å². The average molecular weight is 247 g/mol. The predicted molar refractivity (Wildman–Crippen MR) is 65.0 cm³/mol. The second kappa shape index (κ2) is 3.53. The Balaban J connectivity index is 2.26. The molecule has 0 saturated heterocycles. The van der Waals surface area contributed by atoms with Crippen LogP contribution in [0.25, 0.3) is 15.9 Å². The lowest BCUT2D eigenvalue weighted by molar-refractivity contribution is -0.114. The number of fused-ring (bicyclic) bond motifs is 1. The highest BCUT2D eigenvalue weighted by Gasteiger charge is 2.23. The first-order valence-electron chi connectivity index (χ1n) is 5.04. The lowest BCUT2D eigenvalue weighted by Crippen LogP contribution is -2.17. The van der Waals surface area contributed by atoms with E-state index in [1.807, 2.05) is 25.1 Å². The first-order valence-corrected chi connectivity index (χ1v) is 6.19.